The first-order chi connectivity index (χ1) is 16.5. The summed E-state index contributed by atoms with van der Waals surface area (Å²) in [6.45, 7) is 3.23. The Morgan fingerprint density at radius 2 is 2.15 bits per heavy atom. The predicted octanol–water partition coefficient (Wildman–Crippen LogP) is 4.62. The van der Waals surface area contributed by atoms with Crippen molar-refractivity contribution in [1.29, 1.82) is 0 Å². The topological polar surface area (TPSA) is 93.9 Å². The van der Waals surface area contributed by atoms with Gasteiger partial charge in [0.25, 0.3) is 11.8 Å². The molecule has 1 fully saturated rings. The van der Waals surface area contributed by atoms with Gasteiger partial charge < -0.3 is 24.1 Å². The third kappa shape index (κ3) is 3.91. The van der Waals surface area contributed by atoms with E-state index in [1.165, 1.54) is 11.3 Å². The number of benzene rings is 1. The number of aromatic nitrogens is 1. The van der Waals surface area contributed by atoms with Crippen molar-refractivity contribution in [2.45, 2.75) is 25.9 Å². The molecule has 1 unspecified atom stereocenters. The molecule has 0 spiro atoms. The Morgan fingerprint density at radius 3 is 2.88 bits per heavy atom. The SMILES string of the molecule is CCc1oc2cc(Oc3ccnc4cc(C(=O)N5CCC(OC)C5)sc34)ccc2c1C(=O)NC. The number of carbonyl (C=O) groups excluding carboxylic acids is 2. The van der Waals surface area contributed by atoms with E-state index in [-0.39, 0.29) is 17.9 Å². The van der Waals surface area contributed by atoms with E-state index in [0.29, 0.717) is 58.3 Å². The molecule has 0 saturated carbocycles. The van der Waals surface area contributed by atoms with Crippen LogP contribution in [-0.4, -0.2) is 55.0 Å². The third-order valence-electron chi connectivity index (χ3n) is 6.09. The van der Waals surface area contributed by atoms with Crippen LogP contribution in [0.5, 0.6) is 11.5 Å². The molecular formula is C25H25N3O5S. The van der Waals surface area contributed by atoms with Gasteiger partial charge in [-0.25, -0.2) is 0 Å². The van der Waals surface area contributed by atoms with Gasteiger partial charge in [0.1, 0.15) is 22.8 Å². The number of rotatable bonds is 6. The Kier molecular flexibility index (Phi) is 5.97. The van der Waals surface area contributed by atoms with Crippen molar-refractivity contribution in [2.24, 2.45) is 0 Å². The van der Waals surface area contributed by atoms with Gasteiger partial charge in [-0.3, -0.25) is 14.6 Å². The van der Waals surface area contributed by atoms with Crippen molar-refractivity contribution >= 4 is 44.3 Å². The largest absolute Gasteiger partial charge is 0.460 e. The Hall–Kier alpha value is -3.43. The van der Waals surface area contributed by atoms with Crippen LogP contribution < -0.4 is 10.1 Å². The van der Waals surface area contributed by atoms with Crippen LogP contribution in [0, 0.1) is 0 Å². The fraction of sp³-hybridized carbons (Fsp3) is 0.320. The Labute approximate surface area is 200 Å². The summed E-state index contributed by atoms with van der Waals surface area (Å²) in [7, 11) is 3.28. The number of nitrogens with one attached hydrogen (secondary N) is 1. The van der Waals surface area contributed by atoms with Crippen LogP contribution in [0.4, 0.5) is 0 Å². The number of pyridine rings is 1. The van der Waals surface area contributed by atoms with Crippen LogP contribution in [0.1, 0.15) is 39.1 Å². The van der Waals surface area contributed by atoms with E-state index < -0.39 is 0 Å². The number of furan rings is 1. The maximum absolute atomic E-state index is 13.0. The highest BCUT2D eigenvalue weighted by atomic mass is 32.1. The van der Waals surface area contributed by atoms with Gasteiger partial charge in [0, 0.05) is 57.4 Å². The first-order valence-electron chi connectivity index (χ1n) is 11.2. The number of nitrogens with zero attached hydrogens (tertiary/aromatic N) is 2. The number of likely N-dealkylation sites (tertiary alicyclic amines) is 1. The standard InChI is InChI=1S/C25H25N3O5S/c1-4-18-22(24(29)26-2)16-6-5-14(11-20(16)33-18)32-19-7-9-27-17-12-21(34-23(17)19)25(30)28-10-8-15(13-28)31-3/h5-7,9,11-12,15H,4,8,10,13H2,1-3H3,(H,26,29). The Bertz CT molecular complexity index is 1390. The number of ether oxygens (including phenoxy) is 2. The molecule has 4 aromatic rings. The van der Waals surface area contributed by atoms with Crippen molar-refractivity contribution in [2.75, 3.05) is 27.2 Å². The van der Waals surface area contributed by atoms with Gasteiger partial charge in [-0.1, -0.05) is 6.92 Å². The number of fused-ring (bicyclic) bond motifs is 2. The Morgan fingerprint density at radius 1 is 1.29 bits per heavy atom. The molecule has 1 aliphatic rings. The average molecular weight is 480 g/mol. The molecule has 2 amide bonds. The predicted molar refractivity (Wildman–Crippen MR) is 130 cm³/mol. The fourth-order valence-corrected chi connectivity index (χ4v) is 5.34. The summed E-state index contributed by atoms with van der Waals surface area (Å²) in [5.74, 6) is 1.63. The molecule has 0 bridgehead atoms. The second-order valence-electron chi connectivity index (χ2n) is 8.12. The molecule has 0 aliphatic carbocycles. The van der Waals surface area contributed by atoms with Crippen molar-refractivity contribution in [3.63, 3.8) is 0 Å². The van der Waals surface area contributed by atoms with E-state index >= 15 is 0 Å². The molecule has 0 radical (unpaired) electrons. The van der Waals surface area contributed by atoms with E-state index in [1.807, 2.05) is 30.0 Å². The Balaban J connectivity index is 1.45. The zero-order valence-corrected chi connectivity index (χ0v) is 20.0. The molecule has 1 saturated heterocycles. The summed E-state index contributed by atoms with van der Waals surface area (Å²) in [5, 5.41) is 3.42. The summed E-state index contributed by atoms with van der Waals surface area (Å²) in [4.78, 5) is 32.2. The van der Waals surface area contributed by atoms with Gasteiger partial charge in [0.2, 0.25) is 0 Å². The van der Waals surface area contributed by atoms with E-state index in [9.17, 15) is 9.59 Å². The highest BCUT2D eigenvalue weighted by Crippen LogP contribution is 2.37. The molecular weight excluding hydrogens is 454 g/mol. The molecule has 34 heavy (non-hydrogen) atoms. The number of thiophene rings is 1. The number of methoxy groups -OCH3 is 1. The lowest BCUT2D eigenvalue weighted by molar-refractivity contribution is 0.0728. The van der Waals surface area contributed by atoms with Gasteiger partial charge in [0.05, 0.1) is 26.8 Å². The maximum atomic E-state index is 13.0. The first-order valence-corrected chi connectivity index (χ1v) is 12.0. The third-order valence-corrected chi connectivity index (χ3v) is 7.22. The monoisotopic (exact) mass is 479 g/mol. The molecule has 8 nitrogen and oxygen atoms in total. The average Bonchev–Trinajstić information content (AvgIpc) is 3.59. The smallest absolute Gasteiger partial charge is 0.264 e. The lowest BCUT2D eigenvalue weighted by atomic mass is 10.1. The molecule has 4 heterocycles. The highest BCUT2D eigenvalue weighted by Gasteiger charge is 2.28. The fourth-order valence-electron chi connectivity index (χ4n) is 4.30. The molecule has 1 N–H and O–H groups in total. The van der Waals surface area contributed by atoms with Crippen LogP contribution in [0.2, 0.25) is 0 Å². The lowest BCUT2D eigenvalue weighted by Crippen LogP contribution is -2.29. The van der Waals surface area contributed by atoms with Gasteiger partial charge in [-0.15, -0.1) is 11.3 Å². The number of hydrogen-bond acceptors (Lipinski definition) is 7. The van der Waals surface area contributed by atoms with E-state index in [1.54, 1.807) is 32.5 Å². The highest BCUT2D eigenvalue weighted by molar-refractivity contribution is 7.21. The minimum atomic E-state index is -0.175. The minimum absolute atomic E-state index is 0.0145. The quantitative estimate of drug-likeness (QED) is 0.434. The van der Waals surface area contributed by atoms with E-state index in [0.717, 1.165) is 16.5 Å². The van der Waals surface area contributed by atoms with Crippen molar-refractivity contribution < 1.29 is 23.5 Å². The number of carbonyl (C=O) groups is 2. The summed E-state index contributed by atoms with van der Waals surface area (Å²) in [6.07, 6.45) is 3.20. The van der Waals surface area contributed by atoms with Crippen molar-refractivity contribution in [1.82, 2.24) is 15.2 Å². The minimum Gasteiger partial charge on any atom is -0.460 e. The molecule has 5 rings (SSSR count). The van der Waals surface area contributed by atoms with Crippen LogP contribution >= 0.6 is 11.3 Å². The first kappa shape index (κ1) is 22.4. The number of aryl methyl sites for hydroxylation is 1. The molecule has 1 atom stereocenters. The molecule has 1 aromatic carbocycles. The maximum Gasteiger partial charge on any atom is 0.264 e. The van der Waals surface area contributed by atoms with Crippen molar-refractivity contribution in [3.8, 4) is 11.5 Å². The van der Waals surface area contributed by atoms with Crippen LogP contribution in [0.25, 0.3) is 21.2 Å². The van der Waals surface area contributed by atoms with Gasteiger partial charge in [0.15, 0.2) is 0 Å². The molecule has 176 valence electrons. The molecule has 1 aliphatic heterocycles. The zero-order chi connectivity index (χ0) is 23.8. The number of amides is 2. The van der Waals surface area contributed by atoms with Gasteiger partial charge >= 0.3 is 0 Å². The molecule has 3 aromatic heterocycles. The number of hydrogen-bond donors (Lipinski definition) is 1. The van der Waals surface area contributed by atoms with E-state index in [4.69, 9.17) is 13.9 Å². The summed E-state index contributed by atoms with van der Waals surface area (Å²) in [6, 6.07) is 9.02. The van der Waals surface area contributed by atoms with Crippen LogP contribution in [0.3, 0.4) is 0 Å². The van der Waals surface area contributed by atoms with E-state index in [2.05, 4.69) is 10.3 Å². The van der Waals surface area contributed by atoms with Crippen LogP contribution in [-0.2, 0) is 11.2 Å². The van der Waals surface area contributed by atoms with Crippen LogP contribution in [0.15, 0.2) is 40.9 Å². The summed E-state index contributed by atoms with van der Waals surface area (Å²) >= 11 is 1.37. The van der Waals surface area contributed by atoms with Gasteiger partial charge in [-0.2, -0.15) is 0 Å². The lowest BCUT2D eigenvalue weighted by Gasteiger charge is -2.14. The second kappa shape index (κ2) is 9.08. The second-order valence-corrected chi connectivity index (χ2v) is 9.18. The van der Waals surface area contributed by atoms with Gasteiger partial charge in [-0.05, 0) is 24.6 Å². The normalized spacial score (nSPS) is 15.9. The molecule has 9 heteroatoms. The summed E-state index contributed by atoms with van der Waals surface area (Å²) in [5.41, 5.74) is 1.85. The zero-order valence-electron chi connectivity index (χ0n) is 19.2. The van der Waals surface area contributed by atoms with Crippen molar-refractivity contribution in [3.05, 3.63) is 52.7 Å². The summed E-state index contributed by atoms with van der Waals surface area (Å²) < 4.78 is 18.3.